The molecule has 3 heteroatoms. The lowest BCUT2D eigenvalue weighted by molar-refractivity contribution is -0.145. The van der Waals surface area contributed by atoms with E-state index in [1.54, 1.807) is 0 Å². The van der Waals surface area contributed by atoms with Crippen LogP contribution in [-0.4, -0.2) is 12.5 Å². The molecule has 0 aliphatic rings. The summed E-state index contributed by atoms with van der Waals surface area (Å²) in [5.41, 5.74) is 6.49. The van der Waals surface area contributed by atoms with Gasteiger partial charge in [-0.3, -0.25) is 4.79 Å². The molecular formula is C17H27NO2. The molecule has 1 rings (SSSR count). The van der Waals surface area contributed by atoms with Gasteiger partial charge in [0.2, 0.25) is 0 Å². The minimum absolute atomic E-state index is 0.0861. The molecule has 0 saturated heterocycles. The van der Waals surface area contributed by atoms with Gasteiger partial charge < -0.3 is 10.5 Å². The summed E-state index contributed by atoms with van der Waals surface area (Å²) in [5, 5.41) is 0. The van der Waals surface area contributed by atoms with Crippen molar-refractivity contribution in [2.24, 2.45) is 5.73 Å². The third kappa shape index (κ3) is 8.70. The maximum atomic E-state index is 11.6. The Bertz CT molecular complexity index is 351. The number of carbonyl (C=O) groups excluding carboxylic acids is 1. The molecule has 2 N–H and O–H groups in total. The van der Waals surface area contributed by atoms with E-state index in [4.69, 9.17) is 10.5 Å². The standard InChI is InChI=1S/C17H27NO2/c18-14-10-5-3-1-2-4-9-13-17(19)20-15-16-11-7-6-8-12-16/h6-8,11-12H,1-5,9-10,13-15,18H2. The van der Waals surface area contributed by atoms with Gasteiger partial charge in [-0.1, -0.05) is 62.4 Å². The van der Waals surface area contributed by atoms with E-state index < -0.39 is 0 Å². The number of nitrogens with two attached hydrogens (primary N) is 1. The van der Waals surface area contributed by atoms with Crippen molar-refractivity contribution in [1.29, 1.82) is 0 Å². The molecule has 112 valence electrons. The topological polar surface area (TPSA) is 52.3 Å². The first-order valence-electron chi connectivity index (χ1n) is 7.72. The highest BCUT2D eigenvalue weighted by atomic mass is 16.5. The normalized spacial score (nSPS) is 10.4. The average molecular weight is 277 g/mol. The summed E-state index contributed by atoms with van der Waals surface area (Å²) in [6, 6.07) is 9.80. The molecule has 0 atom stereocenters. The van der Waals surface area contributed by atoms with Crippen LogP contribution in [0.25, 0.3) is 0 Å². The number of rotatable bonds is 11. The largest absolute Gasteiger partial charge is 0.461 e. The number of hydrogen-bond donors (Lipinski definition) is 1. The zero-order chi connectivity index (χ0) is 14.5. The van der Waals surface area contributed by atoms with Crippen LogP contribution < -0.4 is 5.73 Å². The van der Waals surface area contributed by atoms with E-state index in [2.05, 4.69) is 0 Å². The third-order valence-electron chi connectivity index (χ3n) is 3.33. The fraction of sp³-hybridized carbons (Fsp3) is 0.588. The molecule has 1 aromatic carbocycles. The number of carbonyl (C=O) groups is 1. The summed E-state index contributed by atoms with van der Waals surface area (Å²) < 4.78 is 5.23. The molecule has 0 fully saturated rings. The van der Waals surface area contributed by atoms with Gasteiger partial charge in [0.1, 0.15) is 6.61 Å². The zero-order valence-electron chi connectivity index (χ0n) is 12.4. The van der Waals surface area contributed by atoms with Crippen LogP contribution >= 0.6 is 0 Å². The average Bonchev–Trinajstić information content (AvgIpc) is 2.49. The number of unbranched alkanes of at least 4 members (excludes halogenated alkanes) is 6. The quantitative estimate of drug-likeness (QED) is 0.494. The van der Waals surface area contributed by atoms with Crippen LogP contribution in [0.3, 0.4) is 0 Å². The second-order valence-corrected chi connectivity index (χ2v) is 5.16. The van der Waals surface area contributed by atoms with E-state index in [0.717, 1.165) is 31.4 Å². The molecule has 0 heterocycles. The lowest BCUT2D eigenvalue weighted by Crippen LogP contribution is -2.04. The van der Waals surface area contributed by atoms with E-state index in [1.807, 2.05) is 30.3 Å². The van der Waals surface area contributed by atoms with E-state index >= 15 is 0 Å². The lowest BCUT2D eigenvalue weighted by atomic mass is 10.1. The Hall–Kier alpha value is -1.35. The zero-order valence-corrected chi connectivity index (χ0v) is 12.4. The Morgan fingerprint density at radius 3 is 2.15 bits per heavy atom. The first-order chi connectivity index (χ1) is 9.83. The van der Waals surface area contributed by atoms with Gasteiger partial charge in [-0.25, -0.2) is 0 Å². The van der Waals surface area contributed by atoms with Crippen LogP contribution in [-0.2, 0) is 16.1 Å². The predicted octanol–water partition coefficient (Wildman–Crippen LogP) is 3.81. The first-order valence-corrected chi connectivity index (χ1v) is 7.72. The van der Waals surface area contributed by atoms with Gasteiger partial charge in [0.15, 0.2) is 0 Å². The van der Waals surface area contributed by atoms with Crippen LogP contribution in [0.1, 0.15) is 56.9 Å². The summed E-state index contributed by atoms with van der Waals surface area (Å²) in [5.74, 6) is -0.0861. The van der Waals surface area contributed by atoms with Gasteiger partial charge in [0.05, 0.1) is 0 Å². The summed E-state index contributed by atoms with van der Waals surface area (Å²) in [6.45, 7) is 1.19. The SMILES string of the molecule is NCCCCCCCCCC(=O)OCc1ccccc1. The Kier molecular flexibility index (Phi) is 9.58. The van der Waals surface area contributed by atoms with Crippen molar-refractivity contribution >= 4 is 5.97 Å². The van der Waals surface area contributed by atoms with Crippen molar-refractivity contribution in [2.45, 2.75) is 58.0 Å². The Morgan fingerprint density at radius 1 is 0.900 bits per heavy atom. The number of esters is 1. The van der Waals surface area contributed by atoms with Crippen molar-refractivity contribution in [3.8, 4) is 0 Å². The minimum Gasteiger partial charge on any atom is -0.461 e. The molecule has 0 radical (unpaired) electrons. The van der Waals surface area contributed by atoms with Crippen molar-refractivity contribution in [2.75, 3.05) is 6.54 Å². The second-order valence-electron chi connectivity index (χ2n) is 5.16. The highest BCUT2D eigenvalue weighted by Crippen LogP contribution is 2.09. The van der Waals surface area contributed by atoms with Crippen LogP contribution in [0.15, 0.2) is 30.3 Å². The van der Waals surface area contributed by atoms with Gasteiger partial charge in [-0.05, 0) is 24.9 Å². The highest BCUT2D eigenvalue weighted by Gasteiger charge is 2.03. The summed E-state index contributed by atoms with van der Waals surface area (Å²) in [6.07, 6.45) is 8.66. The Labute approximate surface area is 122 Å². The maximum Gasteiger partial charge on any atom is 0.306 e. The molecule has 0 amide bonds. The van der Waals surface area contributed by atoms with Gasteiger partial charge in [0.25, 0.3) is 0 Å². The van der Waals surface area contributed by atoms with E-state index in [0.29, 0.717) is 13.0 Å². The fourth-order valence-electron chi connectivity index (χ4n) is 2.11. The summed E-state index contributed by atoms with van der Waals surface area (Å²) in [7, 11) is 0. The molecule has 0 unspecified atom stereocenters. The first kappa shape index (κ1) is 16.7. The maximum absolute atomic E-state index is 11.6. The van der Waals surface area contributed by atoms with Crippen LogP contribution in [0.4, 0.5) is 0 Å². The smallest absolute Gasteiger partial charge is 0.306 e. The van der Waals surface area contributed by atoms with E-state index in [9.17, 15) is 4.79 Å². The number of benzene rings is 1. The molecule has 3 nitrogen and oxygen atoms in total. The molecule has 0 spiro atoms. The van der Waals surface area contributed by atoms with Gasteiger partial charge in [0, 0.05) is 6.42 Å². The van der Waals surface area contributed by atoms with Gasteiger partial charge in [-0.15, -0.1) is 0 Å². The van der Waals surface area contributed by atoms with Gasteiger partial charge >= 0.3 is 5.97 Å². The Balaban J connectivity index is 1.93. The second kappa shape index (κ2) is 11.5. The Morgan fingerprint density at radius 2 is 1.50 bits per heavy atom. The van der Waals surface area contributed by atoms with Crippen LogP contribution in [0.2, 0.25) is 0 Å². The van der Waals surface area contributed by atoms with Crippen molar-refractivity contribution in [1.82, 2.24) is 0 Å². The van der Waals surface area contributed by atoms with Crippen molar-refractivity contribution in [3.05, 3.63) is 35.9 Å². The molecule has 0 aromatic heterocycles. The molecule has 0 saturated carbocycles. The highest BCUT2D eigenvalue weighted by molar-refractivity contribution is 5.69. The van der Waals surface area contributed by atoms with Crippen LogP contribution in [0, 0.1) is 0 Å². The van der Waals surface area contributed by atoms with Gasteiger partial charge in [-0.2, -0.15) is 0 Å². The molecule has 20 heavy (non-hydrogen) atoms. The molecule has 1 aromatic rings. The van der Waals surface area contributed by atoms with Crippen molar-refractivity contribution < 1.29 is 9.53 Å². The number of ether oxygens (including phenoxy) is 1. The monoisotopic (exact) mass is 277 g/mol. The fourth-order valence-corrected chi connectivity index (χ4v) is 2.11. The minimum atomic E-state index is -0.0861. The molecule has 0 aliphatic carbocycles. The predicted molar refractivity (Wildman–Crippen MR) is 82.2 cm³/mol. The van der Waals surface area contributed by atoms with E-state index in [1.165, 1.54) is 25.7 Å². The lowest BCUT2D eigenvalue weighted by Gasteiger charge is -2.05. The molecular weight excluding hydrogens is 250 g/mol. The molecule has 0 aliphatic heterocycles. The summed E-state index contributed by atoms with van der Waals surface area (Å²) in [4.78, 5) is 11.6. The molecule has 0 bridgehead atoms. The van der Waals surface area contributed by atoms with Crippen molar-refractivity contribution in [3.63, 3.8) is 0 Å². The third-order valence-corrected chi connectivity index (χ3v) is 3.33. The summed E-state index contributed by atoms with van der Waals surface area (Å²) >= 11 is 0. The van der Waals surface area contributed by atoms with Crippen LogP contribution in [0.5, 0.6) is 0 Å². The number of hydrogen-bond acceptors (Lipinski definition) is 3. The van der Waals surface area contributed by atoms with E-state index in [-0.39, 0.29) is 5.97 Å².